The summed E-state index contributed by atoms with van der Waals surface area (Å²) in [5.41, 5.74) is 1.76. The maximum atomic E-state index is 13.1. The molecule has 0 spiro atoms. The highest BCUT2D eigenvalue weighted by atomic mass is 32.2. The van der Waals surface area contributed by atoms with Gasteiger partial charge in [0.15, 0.2) is 4.77 Å². The molecular formula is C20H29N5O2S2. The summed E-state index contributed by atoms with van der Waals surface area (Å²) < 4.78 is 32.7. The molecule has 3 heterocycles. The number of sulfonamides is 1. The smallest absolute Gasteiger partial charge is 0.243 e. The van der Waals surface area contributed by atoms with E-state index in [-0.39, 0.29) is 0 Å². The van der Waals surface area contributed by atoms with Crippen LogP contribution in [0.5, 0.6) is 0 Å². The molecule has 9 heteroatoms. The Bertz CT molecular complexity index is 1050. The van der Waals surface area contributed by atoms with Crippen molar-refractivity contribution in [1.82, 2.24) is 23.6 Å². The molecule has 7 nitrogen and oxygen atoms in total. The Balaban J connectivity index is 1.44. The van der Waals surface area contributed by atoms with Crippen LogP contribution in [0.3, 0.4) is 0 Å². The number of aromatic nitrogens is 3. The summed E-state index contributed by atoms with van der Waals surface area (Å²) in [7, 11) is -3.47. The van der Waals surface area contributed by atoms with Gasteiger partial charge in [0.2, 0.25) is 10.0 Å². The lowest BCUT2D eigenvalue weighted by molar-refractivity contribution is 0.144. The monoisotopic (exact) mass is 435 g/mol. The molecule has 158 valence electrons. The molecule has 0 amide bonds. The Hall–Kier alpha value is -1.55. The van der Waals surface area contributed by atoms with E-state index >= 15 is 0 Å². The van der Waals surface area contributed by atoms with Crippen molar-refractivity contribution in [2.45, 2.75) is 57.6 Å². The van der Waals surface area contributed by atoms with Gasteiger partial charge in [-0.3, -0.25) is 4.90 Å². The maximum Gasteiger partial charge on any atom is 0.243 e. The molecule has 2 aliphatic rings. The van der Waals surface area contributed by atoms with Gasteiger partial charge in [0.05, 0.1) is 11.6 Å². The van der Waals surface area contributed by atoms with Gasteiger partial charge >= 0.3 is 0 Å². The molecule has 0 aliphatic carbocycles. The molecule has 0 saturated carbocycles. The fourth-order valence-electron chi connectivity index (χ4n) is 4.14. The Morgan fingerprint density at radius 1 is 1.03 bits per heavy atom. The van der Waals surface area contributed by atoms with Crippen LogP contribution in [-0.4, -0.2) is 58.1 Å². The van der Waals surface area contributed by atoms with E-state index in [0.29, 0.717) is 37.7 Å². The lowest BCUT2D eigenvalue weighted by atomic mass is 10.2. The highest BCUT2D eigenvalue weighted by molar-refractivity contribution is 7.89. The van der Waals surface area contributed by atoms with Crippen LogP contribution in [0.25, 0.3) is 0 Å². The first-order valence-electron chi connectivity index (χ1n) is 10.3. The zero-order valence-corrected chi connectivity index (χ0v) is 18.8. The minimum absolute atomic E-state index is 0.422. The first kappa shape index (κ1) is 20.7. The normalized spacial score (nSPS) is 19.1. The molecule has 0 atom stereocenters. The summed E-state index contributed by atoms with van der Waals surface area (Å²) in [6.07, 6.45) is 4.54. The molecule has 2 aromatic rings. The quantitative estimate of drug-likeness (QED) is 0.691. The molecule has 0 radical (unpaired) electrons. The molecule has 2 aliphatic heterocycles. The third-order valence-corrected chi connectivity index (χ3v) is 8.38. The number of fused-ring (bicyclic) bond motifs is 1. The number of rotatable bonds is 4. The van der Waals surface area contributed by atoms with Gasteiger partial charge in [-0.15, -0.1) is 0 Å². The van der Waals surface area contributed by atoms with Crippen LogP contribution in [-0.2, 0) is 29.7 Å². The predicted octanol–water partition coefficient (Wildman–Crippen LogP) is 2.72. The van der Waals surface area contributed by atoms with Crippen LogP contribution >= 0.6 is 12.2 Å². The lowest BCUT2D eigenvalue weighted by Gasteiger charge is -2.34. The average molecular weight is 436 g/mol. The van der Waals surface area contributed by atoms with Gasteiger partial charge in [-0.1, -0.05) is 18.6 Å². The Morgan fingerprint density at radius 2 is 1.79 bits per heavy atom. The molecule has 0 N–H and O–H groups in total. The predicted molar refractivity (Wildman–Crippen MR) is 115 cm³/mol. The van der Waals surface area contributed by atoms with Crippen molar-refractivity contribution in [3.63, 3.8) is 0 Å². The zero-order valence-electron chi connectivity index (χ0n) is 17.2. The summed E-state index contributed by atoms with van der Waals surface area (Å²) in [5.74, 6) is 1.09. The van der Waals surface area contributed by atoms with E-state index in [4.69, 9.17) is 17.3 Å². The summed E-state index contributed by atoms with van der Waals surface area (Å²) >= 11 is 5.64. The fourth-order valence-corrected chi connectivity index (χ4v) is 6.17. The lowest BCUT2D eigenvalue weighted by Crippen LogP contribution is -2.49. The van der Waals surface area contributed by atoms with Crippen molar-refractivity contribution < 1.29 is 8.42 Å². The van der Waals surface area contributed by atoms with E-state index in [2.05, 4.69) is 9.47 Å². The number of hydrogen-bond acceptors (Lipinski definition) is 5. The van der Waals surface area contributed by atoms with Crippen molar-refractivity contribution >= 4 is 22.2 Å². The highest BCUT2D eigenvalue weighted by Crippen LogP contribution is 2.23. The van der Waals surface area contributed by atoms with Crippen molar-refractivity contribution in [2.24, 2.45) is 0 Å². The molecule has 1 aromatic heterocycles. The molecule has 1 aromatic carbocycles. The Morgan fingerprint density at radius 3 is 2.55 bits per heavy atom. The summed E-state index contributed by atoms with van der Waals surface area (Å²) in [4.78, 5) is 2.66. The third-order valence-electron chi connectivity index (χ3n) is 5.91. The summed E-state index contributed by atoms with van der Waals surface area (Å²) in [6.45, 7) is 7.67. The molecule has 1 fully saturated rings. The highest BCUT2D eigenvalue weighted by Gasteiger charge is 2.30. The second-order valence-electron chi connectivity index (χ2n) is 8.09. The molecular weight excluding hydrogens is 406 g/mol. The second kappa shape index (κ2) is 8.29. The largest absolute Gasteiger partial charge is 0.304 e. The average Bonchev–Trinajstić information content (AvgIpc) is 2.86. The maximum absolute atomic E-state index is 13.1. The van der Waals surface area contributed by atoms with Crippen LogP contribution in [0.15, 0.2) is 23.1 Å². The van der Waals surface area contributed by atoms with E-state index in [1.165, 1.54) is 12.8 Å². The molecule has 4 rings (SSSR count). The first-order valence-corrected chi connectivity index (χ1v) is 12.2. The fraction of sp³-hybridized carbons (Fsp3) is 0.600. The van der Waals surface area contributed by atoms with E-state index in [0.717, 1.165) is 41.1 Å². The minimum atomic E-state index is -3.47. The number of nitrogens with zero attached hydrogens (tertiary/aromatic N) is 5. The van der Waals surface area contributed by atoms with Gasteiger partial charge in [0.1, 0.15) is 5.82 Å². The number of piperazine rings is 1. The second-order valence-corrected chi connectivity index (χ2v) is 10.4. The Kier molecular flexibility index (Phi) is 5.92. The number of benzene rings is 1. The number of aryl methyl sites for hydroxylation is 3. The van der Waals surface area contributed by atoms with Crippen molar-refractivity contribution in [2.75, 3.05) is 26.2 Å². The van der Waals surface area contributed by atoms with Gasteiger partial charge < -0.3 is 4.57 Å². The van der Waals surface area contributed by atoms with Crippen LogP contribution < -0.4 is 0 Å². The van der Waals surface area contributed by atoms with Crippen molar-refractivity contribution in [3.8, 4) is 0 Å². The van der Waals surface area contributed by atoms with Gasteiger partial charge in [0.25, 0.3) is 0 Å². The van der Waals surface area contributed by atoms with Crippen LogP contribution in [0.4, 0.5) is 0 Å². The SMILES string of the molecule is Cc1ccc(C)c(S(=O)(=O)N2CCN(Cn3nc4n(c3=S)CCCCC4)CC2)c1. The third kappa shape index (κ3) is 4.19. The van der Waals surface area contributed by atoms with Crippen LogP contribution in [0.2, 0.25) is 0 Å². The van der Waals surface area contributed by atoms with E-state index in [1.807, 2.05) is 30.7 Å². The van der Waals surface area contributed by atoms with Gasteiger partial charge in [-0.05, 0) is 56.1 Å². The zero-order chi connectivity index (χ0) is 20.6. The minimum Gasteiger partial charge on any atom is -0.304 e. The Labute approximate surface area is 178 Å². The summed E-state index contributed by atoms with van der Waals surface area (Å²) in [6, 6.07) is 5.60. The van der Waals surface area contributed by atoms with E-state index in [1.54, 1.807) is 10.4 Å². The van der Waals surface area contributed by atoms with Gasteiger partial charge in [0, 0.05) is 39.1 Å². The first-order chi connectivity index (χ1) is 13.9. The van der Waals surface area contributed by atoms with Crippen LogP contribution in [0.1, 0.15) is 36.2 Å². The van der Waals surface area contributed by atoms with Crippen LogP contribution in [0, 0.1) is 18.6 Å². The van der Waals surface area contributed by atoms with E-state index < -0.39 is 10.0 Å². The van der Waals surface area contributed by atoms with Gasteiger partial charge in [-0.2, -0.15) is 9.40 Å². The molecule has 0 unspecified atom stereocenters. The number of hydrogen-bond donors (Lipinski definition) is 0. The molecule has 0 bridgehead atoms. The van der Waals surface area contributed by atoms with Crippen molar-refractivity contribution in [1.29, 1.82) is 0 Å². The van der Waals surface area contributed by atoms with Crippen molar-refractivity contribution in [3.05, 3.63) is 39.9 Å². The topological polar surface area (TPSA) is 63.4 Å². The molecule has 29 heavy (non-hydrogen) atoms. The summed E-state index contributed by atoms with van der Waals surface area (Å²) in [5, 5.41) is 4.74. The molecule has 1 saturated heterocycles. The van der Waals surface area contributed by atoms with Gasteiger partial charge in [-0.25, -0.2) is 13.1 Å². The standard InChI is InChI=1S/C20H29N5O2S2/c1-16-7-8-17(2)18(14-16)29(26,27)23-12-10-22(11-13-23)15-25-20(28)24-9-5-3-4-6-19(24)21-25/h7-8,14H,3-6,9-13,15H2,1-2H3. The van der Waals surface area contributed by atoms with E-state index in [9.17, 15) is 8.42 Å².